The van der Waals surface area contributed by atoms with Gasteiger partial charge in [-0.05, 0) is 32.9 Å². The van der Waals surface area contributed by atoms with Crippen LogP contribution in [0.4, 0.5) is 4.79 Å². The number of ether oxygens (including phenoxy) is 1. The Kier molecular flexibility index (Phi) is 9.13. The first kappa shape index (κ1) is 23.8. The Bertz CT molecular complexity index is 734. The molecule has 2 atom stereocenters. The van der Waals surface area contributed by atoms with E-state index in [4.69, 9.17) is 4.74 Å². The smallest absolute Gasteiger partial charge is 0.410 e. The summed E-state index contributed by atoms with van der Waals surface area (Å²) in [5, 5.41) is 0. The van der Waals surface area contributed by atoms with Crippen molar-refractivity contribution in [1.29, 1.82) is 0 Å². The molecule has 0 aromatic heterocycles. The topological polar surface area (TPSA) is 29.5 Å². The number of carbonyl (C=O) groups excluding carboxylic acids is 1. The van der Waals surface area contributed by atoms with Crippen molar-refractivity contribution in [3.05, 3.63) is 65.7 Å². The second-order valence-electron chi connectivity index (χ2n) is 7.35. The largest absolute Gasteiger partial charge is 0.414 e. The van der Waals surface area contributed by atoms with Crippen LogP contribution in [0.3, 0.4) is 0 Å². The zero-order chi connectivity index (χ0) is 19.3. The van der Waals surface area contributed by atoms with Crippen molar-refractivity contribution >= 4 is 6.09 Å². The van der Waals surface area contributed by atoms with Gasteiger partial charge in [-0.1, -0.05) is 42.5 Å². The van der Waals surface area contributed by atoms with E-state index in [1.165, 1.54) is 5.56 Å². The number of hydrogen-bond donors (Lipinski definition) is 0. The maximum Gasteiger partial charge on any atom is 0.414 e. The van der Waals surface area contributed by atoms with Crippen LogP contribution >= 0.6 is 0 Å². The number of hydrogen-bond acceptors (Lipinski definition) is 2. The third kappa shape index (κ3) is 5.87. The van der Waals surface area contributed by atoms with E-state index in [1.807, 2.05) is 31.2 Å². The van der Waals surface area contributed by atoms with Crippen LogP contribution in [0.5, 0.6) is 5.75 Å². The minimum Gasteiger partial charge on any atom is -0.410 e. The third-order valence-electron chi connectivity index (χ3n) is 5.61. The quantitative estimate of drug-likeness (QED) is 0.585. The molecular weight excluding hydrogens is 413 g/mol. The van der Waals surface area contributed by atoms with Gasteiger partial charge in [0.1, 0.15) is 17.8 Å². The van der Waals surface area contributed by atoms with Crippen molar-refractivity contribution in [2.24, 2.45) is 0 Å². The van der Waals surface area contributed by atoms with Crippen LogP contribution < -0.4 is 4.74 Å². The summed E-state index contributed by atoms with van der Waals surface area (Å²) in [6.07, 6.45) is -0.330. The van der Waals surface area contributed by atoms with E-state index in [0.717, 1.165) is 10.0 Å². The van der Waals surface area contributed by atoms with Crippen molar-refractivity contribution in [3.63, 3.8) is 0 Å². The van der Waals surface area contributed by atoms with Gasteiger partial charge in [-0.3, -0.25) is 0 Å². The van der Waals surface area contributed by atoms with Gasteiger partial charge in [-0.15, -0.1) is 0 Å². The molecule has 27 heavy (non-hydrogen) atoms. The Balaban J connectivity index is 0.00000364. The van der Waals surface area contributed by atoms with Gasteiger partial charge in [0.05, 0.1) is 14.1 Å². The molecular formula is C22H31N2O2Y+. The van der Waals surface area contributed by atoms with E-state index in [0.29, 0.717) is 18.3 Å². The first-order valence-corrected chi connectivity index (χ1v) is 9.18. The Morgan fingerprint density at radius 1 is 1.00 bits per heavy atom. The van der Waals surface area contributed by atoms with E-state index >= 15 is 0 Å². The monoisotopic (exact) mass is 444 g/mol. The molecule has 0 heterocycles. The van der Waals surface area contributed by atoms with Crippen molar-refractivity contribution < 1.29 is 46.7 Å². The number of quaternary nitrogens is 1. The first-order valence-electron chi connectivity index (χ1n) is 9.18. The number of rotatable bonds is 6. The van der Waals surface area contributed by atoms with Gasteiger partial charge in [0.25, 0.3) is 0 Å². The Hall–Kier alpha value is -1.23. The molecule has 0 N–H and O–H groups in total. The van der Waals surface area contributed by atoms with Gasteiger partial charge >= 0.3 is 6.09 Å². The summed E-state index contributed by atoms with van der Waals surface area (Å²) >= 11 is 0. The Morgan fingerprint density at radius 2 is 1.56 bits per heavy atom. The summed E-state index contributed by atoms with van der Waals surface area (Å²) in [5.41, 5.74) is 2.47. The maximum absolute atomic E-state index is 12.0. The van der Waals surface area contributed by atoms with Gasteiger partial charge in [0.15, 0.2) is 0 Å². The van der Waals surface area contributed by atoms with Crippen LogP contribution in [-0.4, -0.2) is 43.2 Å². The van der Waals surface area contributed by atoms with Gasteiger partial charge in [0, 0.05) is 57.4 Å². The molecule has 4 nitrogen and oxygen atoms in total. The summed E-state index contributed by atoms with van der Waals surface area (Å²) < 4.78 is 6.30. The van der Waals surface area contributed by atoms with Gasteiger partial charge in [-0.25, -0.2) is 4.79 Å². The van der Waals surface area contributed by atoms with E-state index in [1.54, 1.807) is 11.9 Å². The summed E-state index contributed by atoms with van der Waals surface area (Å²) in [7, 11) is 6.22. The molecule has 0 bridgehead atoms. The van der Waals surface area contributed by atoms with Gasteiger partial charge < -0.3 is 14.1 Å². The fraction of sp³-hybridized carbons (Fsp3) is 0.409. The SMILES string of the molecule is CCN(C)C(=O)Oc1cccc([C@H](C)[N+](C)(C)[C@@H](C)c2ccccc2)c1.[Y]. The number of carbonyl (C=O) groups is 1. The summed E-state index contributed by atoms with van der Waals surface area (Å²) in [6, 6.07) is 19.0. The molecule has 1 amide bonds. The zero-order valence-corrected chi connectivity index (χ0v) is 20.2. The second-order valence-corrected chi connectivity index (χ2v) is 7.35. The minimum absolute atomic E-state index is 0. The molecule has 1 radical (unpaired) electrons. The van der Waals surface area contributed by atoms with Crippen LogP contribution in [0.1, 0.15) is 44.0 Å². The van der Waals surface area contributed by atoms with E-state index in [-0.39, 0.29) is 44.8 Å². The molecule has 2 aromatic carbocycles. The Labute approximate surface area is 189 Å². The normalized spacial score (nSPS) is 13.3. The molecule has 0 spiro atoms. The van der Waals surface area contributed by atoms with Crippen LogP contribution in [0, 0.1) is 0 Å². The molecule has 5 heteroatoms. The number of benzene rings is 2. The van der Waals surface area contributed by atoms with Crippen LogP contribution in [0.2, 0.25) is 0 Å². The second kappa shape index (κ2) is 10.4. The van der Waals surface area contributed by atoms with Crippen LogP contribution in [0.15, 0.2) is 54.6 Å². The zero-order valence-electron chi connectivity index (χ0n) is 17.3. The van der Waals surface area contributed by atoms with Crippen molar-refractivity contribution in [3.8, 4) is 5.75 Å². The Morgan fingerprint density at radius 3 is 2.15 bits per heavy atom. The number of nitrogens with zero attached hydrogens (tertiary/aromatic N) is 2. The molecule has 143 valence electrons. The van der Waals surface area contributed by atoms with Crippen molar-refractivity contribution in [1.82, 2.24) is 4.90 Å². The molecule has 0 aliphatic rings. The predicted octanol–water partition coefficient (Wildman–Crippen LogP) is 5.03. The molecule has 0 unspecified atom stereocenters. The average molecular weight is 444 g/mol. The van der Waals surface area contributed by atoms with Gasteiger partial charge in [-0.2, -0.15) is 0 Å². The first-order chi connectivity index (χ1) is 12.3. The van der Waals surface area contributed by atoms with Crippen LogP contribution in [-0.2, 0) is 32.7 Å². The minimum atomic E-state index is -0.330. The molecule has 0 fully saturated rings. The molecule has 2 rings (SSSR count). The maximum atomic E-state index is 12.0. The predicted molar refractivity (Wildman–Crippen MR) is 106 cm³/mol. The summed E-state index contributed by atoms with van der Waals surface area (Å²) in [4.78, 5) is 13.6. The standard InChI is InChI=1S/C22H31N2O2.Y/c1-7-23(4)22(25)26-21-15-11-14-20(16-21)18(3)24(5,6)17(2)19-12-9-8-10-13-19;/h8-18H,7H2,1-6H3;/q+1;/t17-,18-;/m0./s1. The molecule has 0 saturated carbocycles. The van der Waals surface area contributed by atoms with Crippen molar-refractivity contribution in [2.45, 2.75) is 32.9 Å². The molecule has 0 aliphatic heterocycles. The molecule has 0 saturated heterocycles. The third-order valence-corrected chi connectivity index (χ3v) is 5.61. The van der Waals surface area contributed by atoms with Gasteiger partial charge in [0.2, 0.25) is 0 Å². The molecule has 0 aliphatic carbocycles. The average Bonchev–Trinajstić information content (AvgIpc) is 2.66. The van der Waals surface area contributed by atoms with Crippen LogP contribution in [0.25, 0.3) is 0 Å². The van der Waals surface area contributed by atoms with Crippen molar-refractivity contribution in [2.75, 3.05) is 27.7 Å². The van der Waals surface area contributed by atoms with E-state index in [9.17, 15) is 4.79 Å². The fourth-order valence-electron chi connectivity index (χ4n) is 2.98. The molecule has 2 aromatic rings. The van der Waals surface area contributed by atoms with E-state index < -0.39 is 0 Å². The fourth-order valence-corrected chi connectivity index (χ4v) is 2.98. The summed E-state index contributed by atoms with van der Waals surface area (Å²) in [5.74, 6) is 0.590. The number of amides is 1. The summed E-state index contributed by atoms with van der Waals surface area (Å²) in [6.45, 7) is 7.02. The van der Waals surface area contributed by atoms with E-state index in [2.05, 4.69) is 58.3 Å².